The third-order valence-electron chi connectivity index (χ3n) is 3.08. The maximum Gasteiger partial charge on any atom is 0.244 e. The molecular weight excluding hydrogens is 242 g/mol. The van der Waals surface area contributed by atoms with Gasteiger partial charge in [0.15, 0.2) is 17.4 Å². The maximum absolute atomic E-state index is 14.0. The van der Waals surface area contributed by atoms with E-state index in [2.05, 4.69) is 10.1 Å². The lowest BCUT2D eigenvalue weighted by molar-refractivity contribution is -0.118. The van der Waals surface area contributed by atoms with Gasteiger partial charge in [-0.2, -0.15) is 0 Å². The molecule has 1 aromatic rings. The van der Waals surface area contributed by atoms with E-state index in [0.717, 1.165) is 6.07 Å². The summed E-state index contributed by atoms with van der Waals surface area (Å²) in [5.74, 6) is -2.31. The van der Waals surface area contributed by atoms with Gasteiger partial charge in [-0.05, 0) is 25.6 Å². The Labute approximate surface area is 104 Å². The molecule has 98 valence electrons. The van der Waals surface area contributed by atoms with E-state index in [1.165, 1.54) is 18.1 Å². The molecule has 18 heavy (non-hydrogen) atoms. The summed E-state index contributed by atoms with van der Waals surface area (Å²) in [6, 6.07) is 2.03. The number of methoxy groups -OCH3 is 1. The van der Waals surface area contributed by atoms with Gasteiger partial charge >= 0.3 is 0 Å². The molecule has 1 heterocycles. The first-order chi connectivity index (χ1) is 8.60. The molecule has 0 aliphatic carbocycles. The van der Waals surface area contributed by atoms with Crippen LogP contribution in [0.25, 0.3) is 0 Å². The second-order valence-electron chi connectivity index (χ2n) is 4.03. The summed E-state index contributed by atoms with van der Waals surface area (Å²) in [6.07, 6.45) is 0.592. The minimum atomic E-state index is -0.845. The van der Waals surface area contributed by atoms with Crippen LogP contribution in [0.5, 0.6) is 5.75 Å². The molecule has 1 atom stereocenters. The van der Waals surface area contributed by atoms with Crippen LogP contribution >= 0.6 is 0 Å². The number of hydrogen-bond acceptors (Lipinski definition) is 3. The molecule has 1 aliphatic heterocycles. The first-order valence-electron chi connectivity index (χ1n) is 5.60. The van der Waals surface area contributed by atoms with Crippen LogP contribution in [-0.4, -0.2) is 32.7 Å². The lowest BCUT2D eigenvalue weighted by Crippen LogP contribution is -2.36. The SMILES string of the molecule is CNC1CCN(c2ccc(F)c(OC)c2F)C1=O. The molecule has 0 saturated carbocycles. The van der Waals surface area contributed by atoms with Gasteiger partial charge in [0, 0.05) is 6.54 Å². The minimum Gasteiger partial charge on any atom is -0.491 e. The zero-order valence-electron chi connectivity index (χ0n) is 10.2. The van der Waals surface area contributed by atoms with Crippen LogP contribution in [0.2, 0.25) is 0 Å². The normalized spacial score (nSPS) is 19.4. The molecule has 6 heteroatoms. The van der Waals surface area contributed by atoms with E-state index in [9.17, 15) is 13.6 Å². The third-order valence-corrected chi connectivity index (χ3v) is 3.08. The molecule has 1 aliphatic rings. The predicted molar refractivity (Wildman–Crippen MR) is 62.7 cm³/mol. The Hall–Kier alpha value is -1.69. The zero-order valence-corrected chi connectivity index (χ0v) is 10.2. The summed E-state index contributed by atoms with van der Waals surface area (Å²) in [6.45, 7) is 0.399. The van der Waals surface area contributed by atoms with Crippen LogP contribution in [0.3, 0.4) is 0 Å². The van der Waals surface area contributed by atoms with Crippen molar-refractivity contribution < 1.29 is 18.3 Å². The average molecular weight is 256 g/mol. The van der Waals surface area contributed by atoms with Gasteiger partial charge in [-0.25, -0.2) is 8.78 Å². The lowest BCUT2D eigenvalue weighted by Gasteiger charge is -2.18. The Balaban J connectivity index is 2.38. The number of nitrogens with one attached hydrogen (secondary N) is 1. The van der Waals surface area contributed by atoms with E-state index in [1.54, 1.807) is 7.05 Å². The Morgan fingerprint density at radius 3 is 2.72 bits per heavy atom. The molecule has 0 radical (unpaired) electrons. The highest BCUT2D eigenvalue weighted by Gasteiger charge is 2.33. The van der Waals surface area contributed by atoms with Gasteiger partial charge in [0.1, 0.15) is 0 Å². The summed E-state index contributed by atoms with van der Waals surface area (Å²) in [7, 11) is 2.86. The van der Waals surface area contributed by atoms with Crippen molar-refractivity contribution in [3.63, 3.8) is 0 Å². The predicted octanol–water partition coefficient (Wildman–Crippen LogP) is 1.30. The quantitative estimate of drug-likeness (QED) is 0.886. The molecule has 1 fully saturated rings. The van der Waals surface area contributed by atoms with Crippen molar-refractivity contribution in [2.75, 3.05) is 25.6 Å². The van der Waals surface area contributed by atoms with Crippen molar-refractivity contribution in [1.29, 1.82) is 0 Å². The Kier molecular flexibility index (Phi) is 3.47. The Morgan fingerprint density at radius 2 is 2.17 bits per heavy atom. The third kappa shape index (κ3) is 1.92. The number of carbonyl (C=O) groups is 1. The molecule has 0 bridgehead atoms. The van der Waals surface area contributed by atoms with Gasteiger partial charge in [-0.15, -0.1) is 0 Å². The maximum atomic E-state index is 14.0. The molecule has 1 amide bonds. The van der Waals surface area contributed by atoms with E-state index in [0.29, 0.717) is 13.0 Å². The van der Waals surface area contributed by atoms with Crippen molar-refractivity contribution in [1.82, 2.24) is 5.32 Å². The molecule has 0 spiro atoms. The molecule has 0 aromatic heterocycles. The Morgan fingerprint density at radius 1 is 1.44 bits per heavy atom. The van der Waals surface area contributed by atoms with Gasteiger partial charge < -0.3 is 15.0 Å². The summed E-state index contributed by atoms with van der Waals surface area (Å²) >= 11 is 0. The fraction of sp³-hybridized carbons (Fsp3) is 0.417. The van der Waals surface area contributed by atoms with Crippen molar-refractivity contribution in [2.45, 2.75) is 12.5 Å². The van der Waals surface area contributed by atoms with E-state index >= 15 is 0 Å². The summed E-state index contributed by atoms with van der Waals surface area (Å²) < 4.78 is 31.9. The molecule has 1 aromatic carbocycles. The van der Waals surface area contributed by atoms with Crippen molar-refractivity contribution in [3.8, 4) is 5.75 Å². The highest BCUT2D eigenvalue weighted by atomic mass is 19.1. The minimum absolute atomic E-state index is 0.0519. The second-order valence-corrected chi connectivity index (χ2v) is 4.03. The summed E-state index contributed by atoms with van der Waals surface area (Å²) in [5, 5.41) is 2.85. The number of nitrogens with zero attached hydrogens (tertiary/aromatic N) is 1. The molecule has 1 unspecified atom stereocenters. The average Bonchev–Trinajstić information content (AvgIpc) is 2.71. The number of ether oxygens (including phenoxy) is 1. The first-order valence-corrected chi connectivity index (χ1v) is 5.60. The van der Waals surface area contributed by atoms with Gasteiger partial charge in [0.25, 0.3) is 0 Å². The van der Waals surface area contributed by atoms with Crippen molar-refractivity contribution in [3.05, 3.63) is 23.8 Å². The van der Waals surface area contributed by atoms with Crippen LogP contribution in [0.15, 0.2) is 12.1 Å². The molecular formula is C12H14F2N2O2. The lowest BCUT2D eigenvalue weighted by atomic mass is 10.2. The molecule has 1 N–H and O–H groups in total. The van der Waals surface area contributed by atoms with Gasteiger partial charge in [-0.3, -0.25) is 4.79 Å². The number of rotatable bonds is 3. The van der Waals surface area contributed by atoms with Crippen LogP contribution in [0, 0.1) is 11.6 Å². The largest absolute Gasteiger partial charge is 0.491 e. The van der Waals surface area contributed by atoms with E-state index in [4.69, 9.17) is 0 Å². The van der Waals surface area contributed by atoms with Gasteiger partial charge in [-0.1, -0.05) is 0 Å². The van der Waals surface area contributed by atoms with Crippen molar-refractivity contribution >= 4 is 11.6 Å². The topological polar surface area (TPSA) is 41.6 Å². The zero-order chi connectivity index (χ0) is 13.3. The highest BCUT2D eigenvalue weighted by molar-refractivity contribution is 5.99. The number of anilines is 1. The first kappa shape index (κ1) is 12.8. The van der Waals surface area contributed by atoms with E-state index in [1.807, 2.05) is 0 Å². The standard InChI is InChI=1S/C12H14F2N2O2/c1-15-8-5-6-16(12(8)17)9-4-3-7(13)11(18-2)10(9)14/h3-4,8,15H,5-6H2,1-2H3. The summed E-state index contributed by atoms with van der Waals surface area (Å²) in [5.41, 5.74) is 0.0519. The Bertz CT molecular complexity index is 479. The van der Waals surface area contributed by atoms with Crippen LogP contribution in [-0.2, 0) is 4.79 Å². The second kappa shape index (κ2) is 4.89. The van der Waals surface area contributed by atoms with E-state index in [-0.39, 0.29) is 17.6 Å². The smallest absolute Gasteiger partial charge is 0.244 e. The number of hydrogen-bond donors (Lipinski definition) is 1. The number of likely N-dealkylation sites (N-methyl/N-ethyl adjacent to an activating group) is 1. The molecule has 1 saturated heterocycles. The highest BCUT2D eigenvalue weighted by Crippen LogP contribution is 2.32. The van der Waals surface area contributed by atoms with Crippen LogP contribution in [0.1, 0.15) is 6.42 Å². The van der Waals surface area contributed by atoms with Gasteiger partial charge in [0.05, 0.1) is 18.8 Å². The van der Waals surface area contributed by atoms with Gasteiger partial charge in [0.2, 0.25) is 5.91 Å². The fourth-order valence-corrected chi connectivity index (χ4v) is 2.10. The summed E-state index contributed by atoms with van der Waals surface area (Å²) in [4.78, 5) is 13.2. The fourth-order valence-electron chi connectivity index (χ4n) is 2.10. The molecule has 4 nitrogen and oxygen atoms in total. The number of benzene rings is 1. The molecule has 2 rings (SSSR count). The number of amides is 1. The number of carbonyl (C=O) groups excluding carboxylic acids is 1. The number of halogens is 2. The van der Waals surface area contributed by atoms with E-state index < -0.39 is 17.4 Å². The van der Waals surface area contributed by atoms with Crippen molar-refractivity contribution in [2.24, 2.45) is 0 Å². The van der Waals surface area contributed by atoms with Crippen LogP contribution in [0.4, 0.5) is 14.5 Å². The van der Waals surface area contributed by atoms with Crippen LogP contribution < -0.4 is 15.0 Å². The monoisotopic (exact) mass is 256 g/mol.